The van der Waals surface area contributed by atoms with Crippen LogP contribution in [0.15, 0.2) is 12.1 Å². The number of carbonyl (C=O) groups excluding carboxylic acids is 1. The summed E-state index contributed by atoms with van der Waals surface area (Å²) < 4.78 is 5.27. The number of carbonyl (C=O) groups is 1. The van der Waals surface area contributed by atoms with Gasteiger partial charge in [-0.2, -0.15) is 0 Å². The molecule has 0 saturated carbocycles. The van der Waals surface area contributed by atoms with Gasteiger partial charge in [0.05, 0.1) is 0 Å². The van der Waals surface area contributed by atoms with Gasteiger partial charge in [-0.25, -0.2) is 0 Å². The zero-order valence-electron chi connectivity index (χ0n) is 9.82. The Morgan fingerprint density at radius 2 is 2.00 bits per heavy atom. The van der Waals surface area contributed by atoms with E-state index in [2.05, 4.69) is 4.98 Å². The summed E-state index contributed by atoms with van der Waals surface area (Å²) >= 11 is 0. The van der Waals surface area contributed by atoms with E-state index in [1.807, 2.05) is 26.0 Å². The van der Waals surface area contributed by atoms with Crippen molar-refractivity contribution in [3.63, 3.8) is 0 Å². The molecule has 3 heteroatoms. The SMILES string of the molecule is Cc1ccc(C(=O)C2CCOCC2)c(C)n1. The van der Waals surface area contributed by atoms with Crippen LogP contribution < -0.4 is 0 Å². The molecule has 0 unspecified atom stereocenters. The Hall–Kier alpha value is -1.22. The largest absolute Gasteiger partial charge is 0.381 e. The highest BCUT2D eigenvalue weighted by molar-refractivity contribution is 5.98. The minimum atomic E-state index is 0.122. The van der Waals surface area contributed by atoms with Crippen molar-refractivity contribution < 1.29 is 9.53 Å². The second-order valence-corrected chi connectivity index (χ2v) is 4.34. The lowest BCUT2D eigenvalue weighted by molar-refractivity contribution is 0.0544. The lowest BCUT2D eigenvalue weighted by Gasteiger charge is -2.21. The fourth-order valence-corrected chi connectivity index (χ4v) is 2.13. The Morgan fingerprint density at radius 3 is 2.62 bits per heavy atom. The Labute approximate surface area is 95.8 Å². The van der Waals surface area contributed by atoms with Crippen LogP contribution in [0.1, 0.15) is 34.6 Å². The van der Waals surface area contributed by atoms with Gasteiger partial charge in [0.15, 0.2) is 5.78 Å². The molecule has 0 aromatic carbocycles. The predicted molar refractivity (Wildman–Crippen MR) is 61.6 cm³/mol. The summed E-state index contributed by atoms with van der Waals surface area (Å²) in [5.41, 5.74) is 2.58. The van der Waals surface area contributed by atoms with Gasteiger partial charge < -0.3 is 4.74 Å². The Kier molecular flexibility index (Phi) is 3.34. The molecule has 16 heavy (non-hydrogen) atoms. The minimum Gasteiger partial charge on any atom is -0.381 e. The summed E-state index contributed by atoms with van der Waals surface area (Å²) in [5, 5.41) is 0. The average Bonchev–Trinajstić information content (AvgIpc) is 2.29. The fraction of sp³-hybridized carbons (Fsp3) is 0.538. The number of Topliss-reactive ketones (excluding diaryl/α,β-unsaturated/α-hetero) is 1. The minimum absolute atomic E-state index is 0.122. The van der Waals surface area contributed by atoms with Crippen LogP contribution in [-0.2, 0) is 4.74 Å². The van der Waals surface area contributed by atoms with Crippen molar-refractivity contribution in [3.8, 4) is 0 Å². The molecule has 86 valence electrons. The Bertz CT molecular complexity index is 395. The van der Waals surface area contributed by atoms with E-state index in [0.29, 0.717) is 13.2 Å². The second-order valence-electron chi connectivity index (χ2n) is 4.34. The first kappa shape index (κ1) is 11.3. The van der Waals surface area contributed by atoms with E-state index in [-0.39, 0.29) is 11.7 Å². The van der Waals surface area contributed by atoms with E-state index in [1.54, 1.807) is 0 Å². The molecule has 1 saturated heterocycles. The summed E-state index contributed by atoms with van der Waals surface area (Å²) in [6, 6.07) is 3.80. The first-order chi connectivity index (χ1) is 7.68. The number of hydrogen-bond acceptors (Lipinski definition) is 3. The maximum absolute atomic E-state index is 12.2. The summed E-state index contributed by atoms with van der Waals surface area (Å²) in [5.74, 6) is 0.352. The molecule has 0 spiro atoms. The molecule has 0 bridgehead atoms. The summed E-state index contributed by atoms with van der Waals surface area (Å²) in [6.07, 6.45) is 1.68. The highest BCUT2D eigenvalue weighted by Gasteiger charge is 2.24. The number of nitrogens with zero attached hydrogens (tertiary/aromatic N) is 1. The topological polar surface area (TPSA) is 39.2 Å². The predicted octanol–water partition coefficient (Wildman–Crippen LogP) is 2.31. The average molecular weight is 219 g/mol. The van der Waals surface area contributed by atoms with Crippen molar-refractivity contribution in [3.05, 3.63) is 29.1 Å². The highest BCUT2D eigenvalue weighted by atomic mass is 16.5. The van der Waals surface area contributed by atoms with Gasteiger partial charge in [-0.15, -0.1) is 0 Å². The van der Waals surface area contributed by atoms with E-state index in [4.69, 9.17) is 4.74 Å². The van der Waals surface area contributed by atoms with Crippen molar-refractivity contribution in [2.45, 2.75) is 26.7 Å². The van der Waals surface area contributed by atoms with E-state index in [9.17, 15) is 4.79 Å². The van der Waals surface area contributed by atoms with Gasteiger partial charge in [0.25, 0.3) is 0 Å². The number of rotatable bonds is 2. The van der Waals surface area contributed by atoms with Crippen LogP contribution in [0.25, 0.3) is 0 Å². The van der Waals surface area contributed by atoms with Crippen LogP contribution in [0, 0.1) is 19.8 Å². The molecule has 3 nitrogen and oxygen atoms in total. The van der Waals surface area contributed by atoms with E-state index in [1.165, 1.54) is 0 Å². The van der Waals surface area contributed by atoms with Crippen LogP contribution >= 0.6 is 0 Å². The van der Waals surface area contributed by atoms with Gasteiger partial charge in [0.1, 0.15) is 0 Å². The third kappa shape index (κ3) is 2.30. The summed E-state index contributed by atoms with van der Waals surface area (Å²) in [7, 11) is 0. The zero-order valence-corrected chi connectivity index (χ0v) is 9.82. The number of ether oxygens (including phenoxy) is 1. The number of aromatic nitrogens is 1. The first-order valence-corrected chi connectivity index (χ1v) is 5.74. The number of ketones is 1. The van der Waals surface area contributed by atoms with Crippen molar-refractivity contribution in [1.82, 2.24) is 4.98 Å². The third-order valence-corrected chi connectivity index (χ3v) is 3.08. The van der Waals surface area contributed by atoms with Crippen molar-refractivity contribution in [1.29, 1.82) is 0 Å². The molecule has 1 fully saturated rings. The molecule has 0 radical (unpaired) electrons. The normalized spacial score (nSPS) is 17.4. The summed E-state index contributed by atoms with van der Waals surface area (Å²) in [6.45, 7) is 5.25. The van der Waals surface area contributed by atoms with Crippen LogP contribution in [0.5, 0.6) is 0 Å². The van der Waals surface area contributed by atoms with E-state index < -0.39 is 0 Å². The molecule has 1 aromatic heterocycles. The molecule has 0 N–H and O–H groups in total. The number of pyridine rings is 1. The molecule has 2 heterocycles. The number of aryl methyl sites for hydroxylation is 2. The lowest BCUT2D eigenvalue weighted by atomic mass is 9.90. The van der Waals surface area contributed by atoms with E-state index >= 15 is 0 Å². The van der Waals surface area contributed by atoms with Crippen LogP contribution in [0.3, 0.4) is 0 Å². The maximum Gasteiger partial charge on any atom is 0.167 e. The monoisotopic (exact) mass is 219 g/mol. The van der Waals surface area contributed by atoms with Gasteiger partial charge >= 0.3 is 0 Å². The lowest BCUT2D eigenvalue weighted by Crippen LogP contribution is -2.24. The molecule has 0 atom stereocenters. The second kappa shape index (κ2) is 4.74. The maximum atomic E-state index is 12.2. The molecule has 1 aliphatic heterocycles. The highest BCUT2D eigenvalue weighted by Crippen LogP contribution is 2.21. The molecular weight excluding hydrogens is 202 g/mol. The van der Waals surface area contributed by atoms with Crippen molar-refractivity contribution in [2.24, 2.45) is 5.92 Å². The quantitative estimate of drug-likeness (QED) is 0.716. The third-order valence-electron chi connectivity index (χ3n) is 3.08. The molecule has 1 aromatic rings. The van der Waals surface area contributed by atoms with Crippen LogP contribution in [0.4, 0.5) is 0 Å². The molecule has 0 aliphatic carbocycles. The molecule has 1 aliphatic rings. The standard InChI is InChI=1S/C13H17NO2/c1-9-3-4-12(10(2)14-9)13(15)11-5-7-16-8-6-11/h3-4,11H,5-8H2,1-2H3. The van der Waals surface area contributed by atoms with Gasteiger partial charge in [0.2, 0.25) is 0 Å². The zero-order chi connectivity index (χ0) is 11.5. The van der Waals surface area contributed by atoms with Crippen LogP contribution in [-0.4, -0.2) is 24.0 Å². The van der Waals surface area contributed by atoms with Crippen molar-refractivity contribution >= 4 is 5.78 Å². The number of hydrogen-bond donors (Lipinski definition) is 0. The first-order valence-electron chi connectivity index (χ1n) is 5.74. The Balaban J connectivity index is 2.19. The fourth-order valence-electron chi connectivity index (χ4n) is 2.13. The van der Waals surface area contributed by atoms with Crippen LogP contribution in [0.2, 0.25) is 0 Å². The van der Waals surface area contributed by atoms with Gasteiger partial charge in [-0.1, -0.05) is 0 Å². The smallest absolute Gasteiger partial charge is 0.167 e. The molecule has 2 rings (SSSR count). The Morgan fingerprint density at radius 1 is 1.31 bits per heavy atom. The van der Waals surface area contributed by atoms with E-state index in [0.717, 1.165) is 29.8 Å². The van der Waals surface area contributed by atoms with Crippen molar-refractivity contribution in [2.75, 3.05) is 13.2 Å². The van der Waals surface area contributed by atoms with Gasteiger partial charge in [-0.05, 0) is 38.8 Å². The molecule has 0 amide bonds. The van der Waals surface area contributed by atoms with Gasteiger partial charge in [-0.3, -0.25) is 9.78 Å². The summed E-state index contributed by atoms with van der Waals surface area (Å²) in [4.78, 5) is 16.6. The van der Waals surface area contributed by atoms with Gasteiger partial charge in [0, 0.05) is 36.1 Å². The molecular formula is C13H17NO2.